The maximum atomic E-state index is 12.6. The first-order valence-electron chi connectivity index (χ1n) is 8.07. The smallest absolute Gasteiger partial charge is 0.320 e. The Bertz CT molecular complexity index is 384. The van der Waals surface area contributed by atoms with Crippen molar-refractivity contribution < 1.29 is 14.7 Å². The van der Waals surface area contributed by atoms with Crippen molar-refractivity contribution >= 4 is 12.0 Å². The van der Waals surface area contributed by atoms with Crippen LogP contribution in [0, 0.1) is 5.92 Å². The van der Waals surface area contributed by atoms with Crippen LogP contribution in [0.2, 0.25) is 0 Å². The number of carboxylic acid groups (broad SMARTS) is 1. The Morgan fingerprint density at radius 2 is 1.76 bits per heavy atom. The molecule has 2 heterocycles. The molecule has 2 aliphatic rings. The van der Waals surface area contributed by atoms with Crippen molar-refractivity contribution in [2.75, 3.05) is 39.3 Å². The standard InChI is InChI=1S/C15H27N3O3/c1-3-16(4-2)13-7-9-18(11-13)15(21)17-8-5-6-12(10-17)14(19)20/h12-13H,3-11H2,1-2H3,(H,19,20)/t12-,13?/m1/s1. The van der Waals surface area contributed by atoms with E-state index in [0.29, 0.717) is 25.6 Å². The minimum absolute atomic E-state index is 0.0237. The third-order valence-corrected chi connectivity index (χ3v) is 4.80. The topological polar surface area (TPSA) is 64.1 Å². The molecular formula is C15H27N3O3. The molecular weight excluding hydrogens is 270 g/mol. The molecule has 2 rings (SSSR count). The molecule has 0 saturated carbocycles. The molecule has 6 heteroatoms. The Labute approximate surface area is 126 Å². The van der Waals surface area contributed by atoms with Gasteiger partial charge in [-0.25, -0.2) is 4.79 Å². The summed E-state index contributed by atoms with van der Waals surface area (Å²) in [6.45, 7) is 8.92. The molecule has 6 nitrogen and oxygen atoms in total. The van der Waals surface area contributed by atoms with Crippen molar-refractivity contribution in [3.05, 3.63) is 0 Å². The Kier molecular flexibility index (Phi) is 5.45. The lowest BCUT2D eigenvalue weighted by Crippen LogP contribution is -2.49. The van der Waals surface area contributed by atoms with Crippen LogP contribution < -0.4 is 0 Å². The Morgan fingerprint density at radius 1 is 1.10 bits per heavy atom. The number of hydrogen-bond donors (Lipinski definition) is 1. The van der Waals surface area contributed by atoms with E-state index >= 15 is 0 Å². The summed E-state index contributed by atoms with van der Waals surface area (Å²) in [5, 5.41) is 9.12. The zero-order chi connectivity index (χ0) is 15.4. The maximum Gasteiger partial charge on any atom is 0.320 e. The van der Waals surface area contributed by atoms with Crippen molar-refractivity contribution in [2.45, 2.75) is 39.2 Å². The molecule has 1 unspecified atom stereocenters. The molecule has 21 heavy (non-hydrogen) atoms. The van der Waals surface area contributed by atoms with E-state index in [2.05, 4.69) is 18.7 Å². The van der Waals surface area contributed by atoms with Gasteiger partial charge in [0.1, 0.15) is 0 Å². The van der Waals surface area contributed by atoms with Gasteiger partial charge in [0.2, 0.25) is 0 Å². The van der Waals surface area contributed by atoms with Crippen molar-refractivity contribution in [1.82, 2.24) is 14.7 Å². The van der Waals surface area contributed by atoms with Crippen LogP contribution in [0.15, 0.2) is 0 Å². The van der Waals surface area contributed by atoms with E-state index in [-0.39, 0.29) is 6.03 Å². The summed E-state index contributed by atoms with van der Waals surface area (Å²) < 4.78 is 0. The molecule has 0 aromatic heterocycles. The number of amides is 2. The lowest BCUT2D eigenvalue weighted by molar-refractivity contribution is -0.143. The quantitative estimate of drug-likeness (QED) is 0.850. The lowest BCUT2D eigenvalue weighted by Gasteiger charge is -2.34. The third kappa shape index (κ3) is 3.67. The Balaban J connectivity index is 1.90. The number of hydrogen-bond acceptors (Lipinski definition) is 3. The molecule has 2 atom stereocenters. The normalized spacial score (nSPS) is 26.4. The van der Waals surface area contributed by atoms with Crippen LogP contribution in [0.1, 0.15) is 33.1 Å². The second-order valence-electron chi connectivity index (χ2n) is 6.02. The lowest BCUT2D eigenvalue weighted by atomic mass is 9.99. The van der Waals surface area contributed by atoms with Gasteiger partial charge in [-0.15, -0.1) is 0 Å². The van der Waals surface area contributed by atoms with Crippen molar-refractivity contribution in [1.29, 1.82) is 0 Å². The van der Waals surface area contributed by atoms with Crippen LogP contribution >= 0.6 is 0 Å². The van der Waals surface area contributed by atoms with E-state index in [1.807, 2.05) is 4.90 Å². The summed E-state index contributed by atoms with van der Waals surface area (Å²) >= 11 is 0. The number of urea groups is 1. The van der Waals surface area contributed by atoms with Gasteiger partial charge in [0, 0.05) is 32.2 Å². The number of nitrogens with zero attached hydrogens (tertiary/aromatic N) is 3. The number of likely N-dealkylation sites (N-methyl/N-ethyl adjacent to an activating group) is 1. The first-order chi connectivity index (χ1) is 10.1. The molecule has 0 spiro atoms. The van der Waals surface area contributed by atoms with Crippen LogP contribution in [0.3, 0.4) is 0 Å². The summed E-state index contributed by atoms with van der Waals surface area (Å²) in [5.41, 5.74) is 0. The molecule has 2 amide bonds. The minimum Gasteiger partial charge on any atom is -0.481 e. The average molecular weight is 297 g/mol. The fraction of sp³-hybridized carbons (Fsp3) is 0.867. The molecule has 2 saturated heterocycles. The molecule has 2 fully saturated rings. The molecule has 0 aromatic carbocycles. The predicted molar refractivity (Wildman–Crippen MR) is 80.2 cm³/mol. The highest BCUT2D eigenvalue weighted by Gasteiger charge is 2.34. The van der Waals surface area contributed by atoms with Crippen LogP contribution in [0.25, 0.3) is 0 Å². The van der Waals surface area contributed by atoms with Crippen LogP contribution in [0.5, 0.6) is 0 Å². The van der Waals surface area contributed by atoms with E-state index in [0.717, 1.165) is 39.0 Å². The molecule has 2 aliphatic heterocycles. The number of rotatable bonds is 4. The average Bonchev–Trinajstić information content (AvgIpc) is 2.97. The van der Waals surface area contributed by atoms with Gasteiger partial charge in [-0.2, -0.15) is 0 Å². The zero-order valence-electron chi connectivity index (χ0n) is 13.1. The van der Waals surface area contributed by atoms with E-state index < -0.39 is 11.9 Å². The van der Waals surface area contributed by atoms with E-state index in [1.165, 1.54) is 0 Å². The molecule has 0 radical (unpaired) electrons. The molecule has 120 valence electrons. The van der Waals surface area contributed by atoms with E-state index in [9.17, 15) is 9.59 Å². The van der Waals surface area contributed by atoms with E-state index in [4.69, 9.17) is 5.11 Å². The van der Waals surface area contributed by atoms with Gasteiger partial charge in [0.25, 0.3) is 0 Å². The summed E-state index contributed by atoms with van der Waals surface area (Å²) in [6, 6.07) is 0.472. The number of aliphatic carboxylic acids is 1. The van der Waals surface area contributed by atoms with E-state index in [1.54, 1.807) is 4.90 Å². The molecule has 0 bridgehead atoms. The van der Waals surface area contributed by atoms with Crippen molar-refractivity contribution in [3.8, 4) is 0 Å². The predicted octanol–water partition coefficient (Wildman–Crippen LogP) is 1.32. The number of carbonyl (C=O) groups excluding carboxylic acids is 1. The second kappa shape index (κ2) is 7.11. The highest BCUT2D eigenvalue weighted by Crippen LogP contribution is 2.21. The van der Waals surface area contributed by atoms with Gasteiger partial charge >= 0.3 is 12.0 Å². The monoisotopic (exact) mass is 297 g/mol. The Morgan fingerprint density at radius 3 is 2.38 bits per heavy atom. The fourth-order valence-corrected chi connectivity index (χ4v) is 3.51. The summed E-state index contributed by atoms with van der Waals surface area (Å²) in [4.78, 5) is 29.7. The first-order valence-corrected chi connectivity index (χ1v) is 8.07. The molecule has 0 aromatic rings. The minimum atomic E-state index is -0.782. The van der Waals surface area contributed by atoms with Gasteiger partial charge in [0.05, 0.1) is 5.92 Å². The summed E-state index contributed by atoms with van der Waals surface area (Å²) in [5.74, 6) is -1.18. The highest BCUT2D eigenvalue weighted by atomic mass is 16.4. The van der Waals surface area contributed by atoms with Gasteiger partial charge in [-0.3, -0.25) is 9.69 Å². The van der Waals surface area contributed by atoms with Gasteiger partial charge in [-0.05, 0) is 32.4 Å². The third-order valence-electron chi connectivity index (χ3n) is 4.80. The van der Waals surface area contributed by atoms with Gasteiger partial charge in [-0.1, -0.05) is 13.8 Å². The van der Waals surface area contributed by atoms with Crippen LogP contribution in [-0.2, 0) is 4.79 Å². The van der Waals surface area contributed by atoms with Crippen LogP contribution in [-0.4, -0.2) is 77.1 Å². The number of likely N-dealkylation sites (tertiary alicyclic amines) is 2. The SMILES string of the molecule is CCN(CC)C1CCN(C(=O)N2CCC[C@@H](C(=O)O)C2)C1. The first kappa shape index (κ1) is 16.1. The molecule has 1 N–H and O–H groups in total. The number of carboxylic acids is 1. The van der Waals surface area contributed by atoms with Gasteiger partial charge in [0.15, 0.2) is 0 Å². The maximum absolute atomic E-state index is 12.6. The van der Waals surface area contributed by atoms with Crippen molar-refractivity contribution in [3.63, 3.8) is 0 Å². The van der Waals surface area contributed by atoms with Gasteiger partial charge < -0.3 is 14.9 Å². The second-order valence-corrected chi connectivity index (χ2v) is 6.02. The number of piperidine rings is 1. The fourth-order valence-electron chi connectivity index (χ4n) is 3.51. The summed E-state index contributed by atoms with van der Waals surface area (Å²) in [6.07, 6.45) is 2.49. The largest absolute Gasteiger partial charge is 0.481 e. The highest BCUT2D eigenvalue weighted by molar-refractivity contribution is 5.77. The van der Waals surface area contributed by atoms with Crippen LogP contribution in [0.4, 0.5) is 4.79 Å². The molecule has 0 aliphatic carbocycles. The zero-order valence-corrected chi connectivity index (χ0v) is 13.1. The summed E-state index contributed by atoms with van der Waals surface area (Å²) in [7, 11) is 0. The Hall–Kier alpha value is -1.30. The van der Waals surface area contributed by atoms with Crippen molar-refractivity contribution in [2.24, 2.45) is 5.92 Å². The number of carbonyl (C=O) groups is 2.